The van der Waals surface area contributed by atoms with Crippen LogP contribution < -0.4 is 10.6 Å². The Kier molecular flexibility index (Phi) is 7.25. The van der Waals surface area contributed by atoms with Crippen LogP contribution in [0.1, 0.15) is 26.7 Å². The molecule has 1 aliphatic heterocycles. The zero-order chi connectivity index (χ0) is 12.9. The minimum Gasteiger partial charge on any atom is -0.469 e. The summed E-state index contributed by atoms with van der Waals surface area (Å²) >= 11 is 0. The standard InChI is InChI=1S/C12H22N2O3.ClH/c1-12(2,11(16)17-3)8-14-10(15)6-9-4-5-13-7-9;/h9,13H,4-8H2,1-3H3,(H,14,15);1H. The molecular formula is C12H23ClN2O3. The van der Waals surface area contributed by atoms with Crippen molar-refractivity contribution in [2.45, 2.75) is 26.7 Å². The Labute approximate surface area is 114 Å². The second kappa shape index (κ2) is 7.59. The molecule has 106 valence electrons. The molecule has 0 saturated carbocycles. The van der Waals surface area contributed by atoms with Crippen LogP contribution in [0.4, 0.5) is 0 Å². The smallest absolute Gasteiger partial charge is 0.313 e. The second-order valence-electron chi connectivity index (χ2n) is 5.22. The molecule has 6 heteroatoms. The van der Waals surface area contributed by atoms with E-state index >= 15 is 0 Å². The van der Waals surface area contributed by atoms with Crippen molar-refractivity contribution in [1.82, 2.24) is 10.6 Å². The Morgan fingerprint density at radius 2 is 2.11 bits per heavy atom. The molecule has 1 aliphatic rings. The van der Waals surface area contributed by atoms with Gasteiger partial charge in [-0.15, -0.1) is 12.4 Å². The number of esters is 1. The molecule has 0 aromatic rings. The third-order valence-corrected chi connectivity index (χ3v) is 3.10. The number of hydrogen-bond acceptors (Lipinski definition) is 4. The van der Waals surface area contributed by atoms with Crippen molar-refractivity contribution in [3.8, 4) is 0 Å². The van der Waals surface area contributed by atoms with E-state index in [1.165, 1.54) is 7.11 Å². The first-order valence-corrected chi connectivity index (χ1v) is 6.01. The summed E-state index contributed by atoms with van der Waals surface area (Å²) in [5.41, 5.74) is -0.668. The van der Waals surface area contributed by atoms with E-state index in [9.17, 15) is 9.59 Å². The highest BCUT2D eigenvalue weighted by Gasteiger charge is 2.29. The van der Waals surface area contributed by atoms with Gasteiger partial charge in [0.1, 0.15) is 0 Å². The Hall–Kier alpha value is -0.810. The lowest BCUT2D eigenvalue weighted by molar-refractivity contribution is -0.150. The van der Waals surface area contributed by atoms with E-state index < -0.39 is 5.41 Å². The third-order valence-electron chi connectivity index (χ3n) is 3.10. The fourth-order valence-electron chi connectivity index (χ4n) is 1.89. The van der Waals surface area contributed by atoms with Crippen LogP contribution in [0, 0.1) is 11.3 Å². The summed E-state index contributed by atoms with van der Waals surface area (Å²) in [5.74, 6) is 0.132. The summed E-state index contributed by atoms with van der Waals surface area (Å²) in [6.45, 7) is 5.74. The second-order valence-corrected chi connectivity index (χ2v) is 5.22. The lowest BCUT2D eigenvalue weighted by atomic mass is 9.93. The summed E-state index contributed by atoms with van der Waals surface area (Å²) < 4.78 is 4.68. The van der Waals surface area contributed by atoms with Crippen LogP contribution in [0.5, 0.6) is 0 Å². The van der Waals surface area contributed by atoms with Crippen LogP contribution in [0.3, 0.4) is 0 Å². The van der Waals surface area contributed by atoms with Gasteiger partial charge in [-0.2, -0.15) is 0 Å². The van der Waals surface area contributed by atoms with Gasteiger partial charge in [0.25, 0.3) is 0 Å². The molecule has 2 N–H and O–H groups in total. The molecule has 1 unspecified atom stereocenters. The Morgan fingerprint density at radius 3 is 2.61 bits per heavy atom. The van der Waals surface area contributed by atoms with Gasteiger partial charge in [0.2, 0.25) is 5.91 Å². The summed E-state index contributed by atoms with van der Waals surface area (Å²) in [6.07, 6.45) is 1.58. The average Bonchev–Trinajstić information content (AvgIpc) is 2.78. The average molecular weight is 279 g/mol. The van der Waals surface area contributed by atoms with Gasteiger partial charge < -0.3 is 15.4 Å². The highest BCUT2D eigenvalue weighted by molar-refractivity contribution is 5.85. The van der Waals surface area contributed by atoms with Crippen molar-refractivity contribution >= 4 is 24.3 Å². The van der Waals surface area contributed by atoms with Gasteiger partial charge in [-0.05, 0) is 39.3 Å². The molecule has 1 amide bonds. The number of methoxy groups -OCH3 is 1. The van der Waals surface area contributed by atoms with Gasteiger partial charge in [0.05, 0.1) is 12.5 Å². The number of carbonyl (C=O) groups excluding carboxylic acids is 2. The van der Waals surface area contributed by atoms with E-state index in [0.717, 1.165) is 19.5 Å². The number of halogens is 1. The number of carbonyl (C=O) groups is 2. The van der Waals surface area contributed by atoms with E-state index in [-0.39, 0.29) is 24.3 Å². The maximum Gasteiger partial charge on any atom is 0.313 e. The molecule has 0 radical (unpaired) electrons. The zero-order valence-electron chi connectivity index (χ0n) is 11.2. The topological polar surface area (TPSA) is 67.4 Å². The van der Waals surface area contributed by atoms with Crippen LogP contribution in [0.2, 0.25) is 0 Å². The lowest BCUT2D eigenvalue weighted by Crippen LogP contribution is -2.40. The molecule has 1 heterocycles. The first kappa shape index (κ1) is 17.2. The number of hydrogen-bond donors (Lipinski definition) is 2. The van der Waals surface area contributed by atoms with Crippen LogP contribution in [-0.2, 0) is 14.3 Å². The monoisotopic (exact) mass is 278 g/mol. The first-order chi connectivity index (χ1) is 7.95. The molecule has 1 atom stereocenters. The minimum absolute atomic E-state index is 0. The van der Waals surface area contributed by atoms with Crippen molar-refractivity contribution < 1.29 is 14.3 Å². The Bertz CT molecular complexity index is 289. The van der Waals surface area contributed by atoms with Gasteiger partial charge in [-0.1, -0.05) is 0 Å². The predicted molar refractivity (Wildman–Crippen MR) is 71.6 cm³/mol. The number of nitrogens with one attached hydrogen (secondary N) is 2. The normalized spacial score (nSPS) is 18.9. The summed E-state index contributed by atoms with van der Waals surface area (Å²) in [4.78, 5) is 23.1. The first-order valence-electron chi connectivity index (χ1n) is 6.01. The number of amides is 1. The lowest BCUT2D eigenvalue weighted by Gasteiger charge is -2.22. The SMILES string of the molecule is COC(=O)C(C)(C)CNC(=O)CC1CCNC1.Cl. The van der Waals surface area contributed by atoms with Crippen LogP contribution in [0.25, 0.3) is 0 Å². The molecule has 0 spiro atoms. The van der Waals surface area contributed by atoms with E-state index in [0.29, 0.717) is 18.9 Å². The summed E-state index contributed by atoms with van der Waals surface area (Å²) in [5, 5.41) is 6.02. The van der Waals surface area contributed by atoms with Crippen LogP contribution in [0.15, 0.2) is 0 Å². The maximum atomic E-state index is 11.7. The van der Waals surface area contributed by atoms with Crippen molar-refractivity contribution in [3.05, 3.63) is 0 Å². The largest absolute Gasteiger partial charge is 0.469 e. The molecule has 1 saturated heterocycles. The van der Waals surface area contributed by atoms with Crippen molar-refractivity contribution in [2.75, 3.05) is 26.7 Å². The molecular weight excluding hydrogens is 256 g/mol. The molecule has 5 nitrogen and oxygen atoms in total. The summed E-state index contributed by atoms with van der Waals surface area (Å²) in [7, 11) is 1.36. The van der Waals surface area contributed by atoms with Crippen molar-refractivity contribution in [3.63, 3.8) is 0 Å². The Morgan fingerprint density at radius 1 is 1.44 bits per heavy atom. The fourth-order valence-corrected chi connectivity index (χ4v) is 1.89. The minimum atomic E-state index is -0.668. The van der Waals surface area contributed by atoms with E-state index in [4.69, 9.17) is 0 Å². The highest BCUT2D eigenvalue weighted by atomic mass is 35.5. The third kappa shape index (κ3) is 5.23. The quantitative estimate of drug-likeness (QED) is 0.728. The van der Waals surface area contributed by atoms with Gasteiger partial charge in [0.15, 0.2) is 0 Å². The highest BCUT2D eigenvalue weighted by Crippen LogP contribution is 2.16. The maximum absolute atomic E-state index is 11.7. The predicted octanol–water partition coefficient (Wildman–Crippen LogP) is 0.723. The Balaban J connectivity index is 0.00000289. The molecule has 0 bridgehead atoms. The van der Waals surface area contributed by atoms with Gasteiger partial charge >= 0.3 is 5.97 Å². The van der Waals surface area contributed by atoms with Gasteiger partial charge in [0, 0.05) is 13.0 Å². The van der Waals surface area contributed by atoms with Crippen LogP contribution >= 0.6 is 12.4 Å². The van der Waals surface area contributed by atoms with E-state index in [1.54, 1.807) is 13.8 Å². The van der Waals surface area contributed by atoms with Crippen molar-refractivity contribution in [1.29, 1.82) is 0 Å². The van der Waals surface area contributed by atoms with Gasteiger partial charge in [-0.3, -0.25) is 9.59 Å². The molecule has 0 aromatic carbocycles. The van der Waals surface area contributed by atoms with E-state index in [1.807, 2.05) is 0 Å². The zero-order valence-corrected chi connectivity index (χ0v) is 12.1. The molecule has 0 aliphatic carbocycles. The van der Waals surface area contributed by atoms with E-state index in [2.05, 4.69) is 15.4 Å². The molecule has 0 aromatic heterocycles. The van der Waals surface area contributed by atoms with Gasteiger partial charge in [-0.25, -0.2) is 0 Å². The van der Waals surface area contributed by atoms with Crippen LogP contribution in [-0.4, -0.2) is 38.6 Å². The summed E-state index contributed by atoms with van der Waals surface area (Å²) in [6, 6.07) is 0. The van der Waals surface area contributed by atoms with Crippen molar-refractivity contribution in [2.24, 2.45) is 11.3 Å². The number of rotatable bonds is 5. The number of ether oxygens (including phenoxy) is 1. The molecule has 1 rings (SSSR count). The molecule has 18 heavy (non-hydrogen) atoms. The molecule has 1 fully saturated rings. The fraction of sp³-hybridized carbons (Fsp3) is 0.833.